The summed E-state index contributed by atoms with van der Waals surface area (Å²) < 4.78 is 5.70. The molecule has 1 fully saturated rings. The van der Waals surface area contributed by atoms with Gasteiger partial charge in [0.15, 0.2) is 0 Å². The lowest BCUT2D eigenvalue weighted by Crippen LogP contribution is -2.34. The van der Waals surface area contributed by atoms with Gasteiger partial charge in [-0.3, -0.25) is 0 Å². The van der Waals surface area contributed by atoms with Gasteiger partial charge in [0.1, 0.15) is 0 Å². The molecule has 24 heavy (non-hydrogen) atoms. The molecule has 134 valence electrons. The van der Waals surface area contributed by atoms with Crippen LogP contribution in [0.3, 0.4) is 0 Å². The first-order chi connectivity index (χ1) is 11.3. The van der Waals surface area contributed by atoms with Gasteiger partial charge in [-0.05, 0) is 50.8 Å². The maximum atomic E-state index is 12.1. The normalized spacial score (nSPS) is 26.4. The van der Waals surface area contributed by atoms with Crippen LogP contribution in [0.15, 0.2) is 0 Å². The Morgan fingerprint density at radius 1 is 1.42 bits per heavy atom. The minimum absolute atomic E-state index is 0.203. The van der Waals surface area contributed by atoms with Crippen molar-refractivity contribution in [3.63, 3.8) is 0 Å². The summed E-state index contributed by atoms with van der Waals surface area (Å²) in [5, 5.41) is 9.94. The van der Waals surface area contributed by atoms with Crippen molar-refractivity contribution in [3.8, 4) is 0 Å². The lowest BCUT2D eigenvalue weighted by Gasteiger charge is -2.33. The summed E-state index contributed by atoms with van der Waals surface area (Å²) in [6.07, 6.45) is 3.99. The zero-order valence-corrected chi connectivity index (χ0v) is 16.0. The molecule has 0 radical (unpaired) electrons. The molecule has 0 spiro atoms. The first-order valence-corrected chi connectivity index (χ1v) is 9.70. The molecule has 1 aliphatic heterocycles. The number of ether oxygens (including phenoxy) is 1. The topological polar surface area (TPSA) is 49.8 Å². The van der Waals surface area contributed by atoms with Crippen LogP contribution in [0.4, 0.5) is 0 Å². The molecule has 0 saturated carbocycles. The van der Waals surface area contributed by atoms with Crippen molar-refractivity contribution in [2.75, 3.05) is 33.9 Å². The van der Waals surface area contributed by atoms with E-state index in [0.717, 1.165) is 55.9 Å². The van der Waals surface area contributed by atoms with E-state index in [1.165, 1.54) is 4.88 Å². The van der Waals surface area contributed by atoms with Crippen LogP contribution in [0.2, 0.25) is 0 Å². The van der Waals surface area contributed by atoms with Gasteiger partial charge in [0, 0.05) is 34.7 Å². The van der Waals surface area contributed by atoms with Gasteiger partial charge in [-0.1, -0.05) is 13.8 Å². The fourth-order valence-corrected chi connectivity index (χ4v) is 5.77. The Labute approximate surface area is 148 Å². The number of rotatable bonds is 4. The minimum atomic E-state index is -0.740. The molecule has 1 aliphatic carbocycles. The Bertz CT molecular complexity index is 620. The van der Waals surface area contributed by atoms with Crippen LogP contribution >= 0.6 is 11.3 Å². The first kappa shape index (κ1) is 17.9. The number of nitrogens with zero attached hydrogens (tertiary/aromatic N) is 1. The molecule has 4 nitrogen and oxygen atoms in total. The summed E-state index contributed by atoms with van der Waals surface area (Å²) in [6, 6.07) is 0. The van der Waals surface area contributed by atoms with E-state index in [1.807, 2.05) is 0 Å². The number of fused-ring (bicyclic) bond motifs is 1. The van der Waals surface area contributed by atoms with Crippen LogP contribution in [0.25, 0.3) is 0 Å². The zero-order valence-electron chi connectivity index (χ0n) is 15.2. The Morgan fingerprint density at radius 2 is 2.17 bits per heavy atom. The standard InChI is InChI=1S/C19H29NO3S/c1-19(2)7-5-15-14(9-19)16(18(21)22)17(24-15)13-6-8-23-11-12(13)10-20(3)4/h12-13H,5-11H2,1-4H3,(H,21,22)/t12-,13+/m1/s1. The molecular weight excluding hydrogens is 322 g/mol. The van der Waals surface area contributed by atoms with Crippen LogP contribution in [0.1, 0.15) is 58.3 Å². The molecule has 1 saturated heterocycles. The summed E-state index contributed by atoms with van der Waals surface area (Å²) in [4.78, 5) is 16.7. The Morgan fingerprint density at radius 3 is 2.83 bits per heavy atom. The Kier molecular flexibility index (Phi) is 5.05. The van der Waals surface area contributed by atoms with E-state index in [4.69, 9.17) is 4.74 Å². The zero-order chi connectivity index (χ0) is 17.5. The average molecular weight is 352 g/mol. The third-order valence-electron chi connectivity index (χ3n) is 5.43. The highest BCUT2D eigenvalue weighted by atomic mass is 32.1. The molecule has 2 atom stereocenters. The highest BCUT2D eigenvalue weighted by Crippen LogP contribution is 2.46. The number of hydrogen-bond acceptors (Lipinski definition) is 4. The fourth-order valence-electron chi connectivity index (χ4n) is 4.23. The van der Waals surface area contributed by atoms with Crippen molar-refractivity contribution in [1.82, 2.24) is 4.90 Å². The summed E-state index contributed by atoms with van der Waals surface area (Å²) in [5.41, 5.74) is 1.95. The highest BCUT2D eigenvalue weighted by molar-refractivity contribution is 7.12. The number of carboxylic acid groups (broad SMARTS) is 1. The van der Waals surface area contributed by atoms with Crippen molar-refractivity contribution in [3.05, 3.63) is 20.9 Å². The summed E-state index contributed by atoms with van der Waals surface area (Å²) in [7, 11) is 4.15. The molecule has 0 unspecified atom stereocenters. The molecule has 1 N–H and O–H groups in total. The fraction of sp³-hybridized carbons (Fsp3) is 0.737. The summed E-state index contributed by atoms with van der Waals surface area (Å²) in [6.45, 7) is 6.92. The van der Waals surface area contributed by atoms with Gasteiger partial charge >= 0.3 is 5.97 Å². The molecular formula is C19H29NO3S. The van der Waals surface area contributed by atoms with Crippen molar-refractivity contribution in [1.29, 1.82) is 0 Å². The number of thiophene rings is 1. The van der Waals surface area contributed by atoms with Gasteiger partial charge in [0.05, 0.1) is 12.2 Å². The maximum Gasteiger partial charge on any atom is 0.337 e. The molecule has 3 rings (SSSR count). The monoisotopic (exact) mass is 351 g/mol. The second-order valence-electron chi connectivity index (χ2n) is 8.38. The van der Waals surface area contributed by atoms with Gasteiger partial charge in [-0.15, -0.1) is 11.3 Å². The molecule has 1 aromatic heterocycles. The van der Waals surface area contributed by atoms with E-state index in [2.05, 4.69) is 32.8 Å². The smallest absolute Gasteiger partial charge is 0.337 e. The number of carbonyl (C=O) groups is 1. The predicted molar refractivity (Wildman–Crippen MR) is 97.3 cm³/mol. The second-order valence-corrected chi connectivity index (χ2v) is 9.52. The van der Waals surface area contributed by atoms with Crippen LogP contribution in [0.5, 0.6) is 0 Å². The molecule has 0 amide bonds. The molecule has 2 heterocycles. The van der Waals surface area contributed by atoms with E-state index in [1.54, 1.807) is 11.3 Å². The number of hydrogen-bond donors (Lipinski definition) is 1. The number of carboxylic acids is 1. The molecule has 0 bridgehead atoms. The van der Waals surface area contributed by atoms with Gasteiger partial charge < -0.3 is 14.7 Å². The van der Waals surface area contributed by atoms with Crippen molar-refractivity contribution in [2.45, 2.75) is 45.4 Å². The van der Waals surface area contributed by atoms with Gasteiger partial charge in [-0.2, -0.15) is 0 Å². The third-order valence-corrected chi connectivity index (χ3v) is 6.85. The Hall–Kier alpha value is -0.910. The SMILES string of the molecule is CN(C)C[C@@H]1COCC[C@@H]1c1sc2c(c1C(=O)O)CC(C)(C)CC2. The van der Waals surface area contributed by atoms with Gasteiger partial charge in [0.2, 0.25) is 0 Å². The predicted octanol–water partition coefficient (Wildman–Crippen LogP) is 3.64. The molecule has 2 aliphatic rings. The van der Waals surface area contributed by atoms with Crippen LogP contribution in [-0.4, -0.2) is 49.8 Å². The molecule has 5 heteroatoms. The Balaban J connectivity index is 2.00. The maximum absolute atomic E-state index is 12.1. The van der Waals surface area contributed by atoms with Crippen LogP contribution in [-0.2, 0) is 17.6 Å². The van der Waals surface area contributed by atoms with E-state index >= 15 is 0 Å². The summed E-state index contributed by atoms with van der Waals surface area (Å²) >= 11 is 1.77. The third kappa shape index (κ3) is 3.53. The lowest BCUT2D eigenvalue weighted by atomic mass is 9.75. The van der Waals surface area contributed by atoms with Crippen molar-refractivity contribution >= 4 is 17.3 Å². The van der Waals surface area contributed by atoms with Crippen molar-refractivity contribution in [2.24, 2.45) is 11.3 Å². The number of aromatic carboxylic acids is 1. The molecule has 0 aromatic carbocycles. The van der Waals surface area contributed by atoms with E-state index in [-0.39, 0.29) is 5.41 Å². The van der Waals surface area contributed by atoms with Crippen molar-refractivity contribution < 1.29 is 14.6 Å². The van der Waals surface area contributed by atoms with E-state index in [9.17, 15) is 9.90 Å². The van der Waals surface area contributed by atoms with Crippen LogP contribution < -0.4 is 0 Å². The lowest BCUT2D eigenvalue weighted by molar-refractivity contribution is 0.0306. The quantitative estimate of drug-likeness (QED) is 0.900. The highest BCUT2D eigenvalue weighted by Gasteiger charge is 2.37. The second kappa shape index (κ2) is 6.77. The summed E-state index contributed by atoms with van der Waals surface area (Å²) in [5.74, 6) is -0.0544. The van der Waals surface area contributed by atoms with E-state index < -0.39 is 5.97 Å². The van der Waals surface area contributed by atoms with Gasteiger partial charge in [0.25, 0.3) is 0 Å². The average Bonchev–Trinajstić information content (AvgIpc) is 2.84. The van der Waals surface area contributed by atoms with Crippen LogP contribution in [0, 0.1) is 11.3 Å². The number of aryl methyl sites for hydroxylation is 1. The largest absolute Gasteiger partial charge is 0.478 e. The molecule has 1 aromatic rings. The first-order valence-electron chi connectivity index (χ1n) is 8.88. The van der Waals surface area contributed by atoms with E-state index in [0.29, 0.717) is 17.4 Å². The minimum Gasteiger partial charge on any atom is -0.478 e. The van der Waals surface area contributed by atoms with Gasteiger partial charge in [-0.25, -0.2) is 4.79 Å².